The molecule has 2 atom stereocenters. The molecule has 5 nitrogen and oxygen atoms in total. The standard InChI is InChI=1S/C21H23FN2O3S/c1-12-6-7-13(21(27)24-9-16(22)18(25)10-24)8-17(12)23-20(26)19-15-5-3-2-4-14(15)11-28-19/h6-8,11,16,18,25H,2-5,9-10H2,1H3,(H,23,26)/t16-,18-/m1/s1. The lowest BCUT2D eigenvalue weighted by Gasteiger charge is -2.17. The molecular weight excluding hydrogens is 379 g/mol. The molecule has 4 rings (SSSR count). The molecule has 1 saturated heterocycles. The lowest BCUT2D eigenvalue weighted by atomic mass is 9.94. The summed E-state index contributed by atoms with van der Waals surface area (Å²) in [7, 11) is 0. The second-order valence-corrected chi connectivity index (χ2v) is 8.43. The number of likely N-dealkylation sites (tertiary alicyclic amines) is 1. The second-order valence-electron chi connectivity index (χ2n) is 7.55. The third kappa shape index (κ3) is 3.56. The van der Waals surface area contributed by atoms with E-state index in [0.717, 1.165) is 35.3 Å². The molecule has 1 aliphatic carbocycles. The quantitative estimate of drug-likeness (QED) is 0.827. The number of amides is 2. The SMILES string of the molecule is Cc1ccc(C(=O)N2C[C@@H](O)[C@H](F)C2)cc1NC(=O)c1scc2c1CCCC2. The van der Waals surface area contributed by atoms with Crippen molar-refractivity contribution in [2.24, 2.45) is 0 Å². The maximum absolute atomic E-state index is 13.6. The molecule has 0 unspecified atom stereocenters. The number of fused-ring (bicyclic) bond motifs is 1. The number of β-amino-alcohol motifs (C(OH)–C–C–N with tert-alkyl or cyclic N) is 1. The van der Waals surface area contributed by atoms with Crippen molar-refractivity contribution in [3.05, 3.63) is 50.7 Å². The zero-order chi connectivity index (χ0) is 19.8. The monoisotopic (exact) mass is 402 g/mol. The molecule has 2 aliphatic rings. The predicted octanol–water partition coefficient (Wildman–Crippen LogP) is 3.34. The van der Waals surface area contributed by atoms with Gasteiger partial charge in [-0.2, -0.15) is 0 Å². The van der Waals surface area contributed by atoms with Crippen LogP contribution >= 0.6 is 11.3 Å². The van der Waals surface area contributed by atoms with Crippen molar-refractivity contribution in [3.8, 4) is 0 Å². The van der Waals surface area contributed by atoms with Crippen LogP contribution in [0.1, 0.15) is 49.6 Å². The van der Waals surface area contributed by atoms with E-state index in [1.807, 2.05) is 6.92 Å². The summed E-state index contributed by atoms with van der Waals surface area (Å²) in [6, 6.07) is 5.07. The highest BCUT2D eigenvalue weighted by molar-refractivity contribution is 7.12. The number of hydrogen-bond donors (Lipinski definition) is 2. The van der Waals surface area contributed by atoms with Crippen molar-refractivity contribution in [2.75, 3.05) is 18.4 Å². The van der Waals surface area contributed by atoms with E-state index in [9.17, 15) is 19.1 Å². The Bertz CT molecular complexity index is 916. The number of thiophene rings is 1. The van der Waals surface area contributed by atoms with Gasteiger partial charge in [0.25, 0.3) is 11.8 Å². The molecule has 2 heterocycles. The van der Waals surface area contributed by atoms with Gasteiger partial charge in [0.15, 0.2) is 0 Å². The Morgan fingerprint density at radius 2 is 2.04 bits per heavy atom. The minimum atomic E-state index is -1.42. The summed E-state index contributed by atoms with van der Waals surface area (Å²) < 4.78 is 13.6. The van der Waals surface area contributed by atoms with Crippen LogP contribution in [-0.4, -0.2) is 47.2 Å². The fourth-order valence-corrected chi connectivity index (χ4v) is 4.93. The van der Waals surface area contributed by atoms with E-state index in [1.165, 1.54) is 28.2 Å². The van der Waals surface area contributed by atoms with Crippen molar-refractivity contribution in [1.82, 2.24) is 4.90 Å². The highest BCUT2D eigenvalue weighted by atomic mass is 32.1. The van der Waals surface area contributed by atoms with Gasteiger partial charge in [-0.1, -0.05) is 6.07 Å². The summed E-state index contributed by atoms with van der Waals surface area (Å²) >= 11 is 1.47. The first kappa shape index (κ1) is 19.1. The van der Waals surface area contributed by atoms with Crippen LogP contribution in [0.5, 0.6) is 0 Å². The molecule has 0 saturated carbocycles. The van der Waals surface area contributed by atoms with Gasteiger partial charge in [-0.05, 0) is 66.8 Å². The molecule has 0 spiro atoms. The Kier molecular flexibility index (Phi) is 5.21. The Hall–Kier alpha value is -2.25. The zero-order valence-corrected chi connectivity index (χ0v) is 16.5. The molecule has 1 fully saturated rings. The number of hydrogen-bond acceptors (Lipinski definition) is 4. The molecule has 1 aromatic carbocycles. The van der Waals surface area contributed by atoms with Gasteiger partial charge >= 0.3 is 0 Å². The minimum absolute atomic E-state index is 0.0170. The molecule has 148 valence electrons. The van der Waals surface area contributed by atoms with Crippen molar-refractivity contribution in [1.29, 1.82) is 0 Å². The maximum atomic E-state index is 13.6. The van der Waals surface area contributed by atoms with Crippen molar-refractivity contribution in [3.63, 3.8) is 0 Å². The van der Waals surface area contributed by atoms with Gasteiger partial charge in [0, 0.05) is 17.8 Å². The highest BCUT2D eigenvalue weighted by Crippen LogP contribution is 2.31. The Morgan fingerprint density at radius 1 is 1.25 bits per heavy atom. The zero-order valence-electron chi connectivity index (χ0n) is 15.7. The Balaban J connectivity index is 1.54. The van der Waals surface area contributed by atoms with Crippen molar-refractivity contribution in [2.45, 2.75) is 44.9 Å². The first-order valence-electron chi connectivity index (χ1n) is 9.56. The molecule has 1 aliphatic heterocycles. The van der Waals surface area contributed by atoms with E-state index in [0.29, 0.717) is 11.3 Å². The summed E-state index contributed by atoms with van der Waals surface area (Å²) in [6.45, 7) is 1.73. The molecule has 28 heavy (non-hydrogen) atoms. The number of nitrogens with zero attached hydrogens (tertiary/aromatic N) is 1. The number of nitrogens with one attached hydrogen (secondary N) is 1. The summed E-state index contributed by atoms with van der Waals surface area (Å²) in [6.07, 6.45) is 1.67. The van der Waals surface area contributed by atoms with Crippen LogP contribution in [0.25, 0.3) is 0 Å². The maximum Gasteiger partial charge on any atom is 0.266 e. The van der Waals surface area contributed by atoms with Gasteiger partial charge in [0.05, 0.1) is 11.4 Å². The Morgan fingerprint density at radius 3 is 2.79 bits per heavy atom. The van der Waals surface area contributed by atoms with E-state index in [-0.39, 0.29) is 24.9 Å². The van der Waals surface area contributed by atoms with E-state index >= 15 is 0 Å². The van der Waals surface area contributed by atoms with Crippen LogP contribution in [0, 0.1) is 6.92 Å². The van der Waals surface area contributed by atoms with Gasteiger partial charge in [0.1, 0.15) is 12.3 Å². The number of anilines is 1. The van der Waals surface area contributed by atoms with Crippen LogP contribution in [0.3, 0.4) is 0 Å². The Labute approximate surface area is 167 Å². The average Bonchev–Trinajstić information content (AvgIpc) is 3.26. The molecule has 2 amide bonds. The molecular formula is C21H23FN2O3S. The summed E-state index contributed by atoms with van der Waals surface area (Å²) in [4.78, 5) is 27.5. The summed E-state index contributed by atoms with van der Waals surface area (Å²) in [5.74, 6) is -0.496. The van der Waals surface area contributed by atoms with E-state index < -0.39 is 12.3 Å². The lowest BCUT2D eigenvalue weighted by molar-refractivity contribution is 0.0764. The number of halogens is 1. The predicted molar refractivity (Wildman–Crippen MR) is 107 cm³/mol. The highest BCUT2D eigenvalue weighted by Gasteiger charge is 2.34. The number of aliphatic hydroxyl groups excluding tert-OH is 1. The van der Waals surface area contributed by atoms with Crippen LogP contribution < -0.4 is 5.32 Å². The molecule has 0 radical (unpaired) electrons. The molecule has 1 aromatic heterocycles. The van der Waals surface area contributed by atoms with E-state index in [4.69, 9.17) is 0 Å². The van der Waals surface area contributed by atoms with Gasteiger partial charge in [-0.3, -0.25) is 9.59 Å². The van der Waals surface area contributed by atoms with Crippen LogP contribution in [-0.2, 0) is 12.8 Å². The van der Waals surface area contributed by atoms with Gasteiger partial charge in [-0.15, -0.1) is 11.3 Å². The van der Waals surface area contributed by atoms with Gasteiger partial charge in [-0.25, -0.2) is 4.39 Å². The number of aryl methyl sites for hydroxylation is 2. The van der Waals surface area contributed by atoms with Crippen molar-refractivity contribution >= 4 is 28.8 Å². The molecule has 2 N–H and O–H groups in total. The number of carbonyl (C=O) groups excluding carboxylic acids is 2. The lowest BCUT2D eigenvalue weighted by Crippen LogP contribution is -2.29. The molecule has 7 heteroatoms. The topological polar surface area (TPSA) is 69.6 Å². The minimum Gasteiger partial charge on any atom is -0.388 e. The number of alkyl halides is 1. The fraction of sp³-hybridized carbons (Fsp3) is 0.429. The summed E-state index contributed by atoms with van der Waals surface area (Å²) in [5.41, 5.74) is 4.22. The largest absolute Gasteiger partial charge is 0.388 e. The first-order valence-corrected chi connectivity index (χ1v) is 10.4. The second kappa shape index (κ2) is 7.64. The normalized spacial score (nSPS) is 21.5. The van der Waals surface area contributed by atoms with E-state index in [2.05, 4.69) is 10.7 Å². The van der Waals surface area contributed by atoms with Gasteiger partial charge < -0.3 is 15.3 Å². The number of rotatable bonds is 3. The van der Waals surface area contributed by atoms with Crippen LogP contribution in [0.15, 0.2) is 23.6 Å². The third-order valence-electron chi connectivity index (χ3n) is 5.55. The smallest absolute Gasteiger partial charge is 0.266 e. The van der Waals surface area contributed by atoms with Crippen LogP contribution in [0.4, 0.5) is 10.1 Å². The van der Waals surface area contributed by atoms with Gasteiger partial charge in [0.2, 0.25) is 0 Å². The van der Waals surface area contributed by atoms with E-state index in [1.54, 1.807) is 18.2 Å². The molecule has 2 aromatic rings. The number of benzene rings is 1. The molecule has 0 bridgehead atoms. The fourth-order valence-electron chi connectivity index (χ4n) is 3.87. The van der Waals surface area contributed by atoms with Crippen LogP contribution in [0.2, 0.25) is 0 Å². The third-order valence-corrected chi connectivity index (χ3v) is 6.62. The average molecular weight is 402 g/mol. The number of aliphatic hydroxyl groups is 1. The summed E-state index contributed by atoms with van der Waals surface area (Å²) in [5, 5.41) is 14.6. The number of carbonyl (C=O) groups is 2. The van der Waals surface area contributed by atoms with Crippen molar-refractivity contribution < 1.29 is 19.1 Å². The first-order chi connectivity index (χ1) is 13.4.